The third-order valence-corrected chi connectivity index (χ3v) is 2.91. The van der Waals surface area contributed by atoms with Gasteiger partial charge in [0.2, 0.25) is 0 Å². The van der Waals surface area contributed by atoms with Crippen LogP contribution in [-0.4, -0.2) is 20.1 Å². The van der Waals surface area contributed by atoms with Gasteiger partial charge in [0.15, 0.2) is 0 Å². The molecule has 1 aromatic rings. The molecule has 0 heterocycles. The second-order valence-electron chi connectivity index (χ2n) is 3.96. The summed E-state index contributed by atoms with van der Waals surface area (Å²) in [6.07, 6.45) is 1.16. The van der Waals surface area contributed by atoms with E-state index in [9.17, 15) is 0 Å². The van der Waals surface area contributed by atoms with E-state index in [0.717, 1.165) is 31.1 Å². The van der Waals surface area contributed by atoms with Gasteiger partial charge in [0.1, 0.15) is 0 Å². The fourth-order valence-corrected chi connectivity index (χ4v) is 1.78. The van der Waals surface area contributed by atoms with Crippen LogP contribution in [0.5, 0.6) is 0 Å². The fourth-order valence-electron chi connectivity index (χ4n) is 1.61. The summed E-state index contributed by atoms with van der Waals surface area (Å²) in [7, 11) is 2.09. The Morgan fingerprint density at radius 2 is 2.06 bits per heavy atom. The number of anilines is 1. The van der Waals surface area contributed by atoms with Gasteiger partial charge in [0.05, 0.1) is 0 Å². The van der Waals surface area contributed by atoms with Gasteiger partial charge in [0.25, 0.3) is 0 Å². The number of hydrogen-bond donors (Lipinski definition) is 1. The molecule has 0 unspecified atom stereocenters. The second kappa shape index (κ2) is 6.77. The van der Waals surface area contributed by atoms with Crippen molar-refractivity contribution in [3.63, 3.8) is 0 Å². The van der Waals surface area contributed by atoms with Gasteiger partial charge >= 0.3 is 0 Å². The van der Waals surface area contributed by atoms with Gasteiger partial charge < -0.3 is 10.2 Å². The predicted molar refractivity (Wildman–Crippen MR) is 72.4 cm³/mol. The largest absolute Gasteiger partial charge is 0.375 e. The monoisotopic (exact) mass is 240 g/mol. The molecule has 0 radical (unpaired) electrons. The lowest BCUT2D eigenvalue weighted by atomic mass is 10.1. The zero-order valence-electron chi connectivity index (χ0n) is 10.4. The molecule has 0 amide bonds. The van der Waals surface area contributed by atoms with E-state index in [1.807, 2.05) is 12.1 Å². The third-order valence-electron chi connectivity index (χ3n) is 2.68. The van der Waals surface area contributed by atoms with Gasteiger partial charge in [0, 0.05) is 30.8 Å². The summed E-state index contributed by atoms with van der Waals surface area (Å²) >= 11 is 6.03. The maximum Gasteiger partial charge on any atom is 0.0426 e. The standard InChI is InChI=1S/C13H21ClN2/c1-4-8-15-10-11-6-7-12(14)9-13(11)16(3)5-2/h6-7,9,15H,4-5,8,10H2,1-3H3. The van der Waals surface area contributed by atoms with E-state index in [-0.39, 0.29) is 0 Å². The van der Waals surface area contributed by atoms with Crippen LogP contribution in [0.1, 0.15) is 25.8 Å². The molecule has 1 aromatic carbocycles. The highest BCUT2D eigenvalue weighted by Gasteiger charge is 2.06. The van der Waals surface area contributed by atoms with E-state index in [2.05, 4.69) is 37.2 Å². The summed E-state index contributed by atoms with van der Waals surface area (Å²) in [6, 6.07) is 6.10. The highest BCUT2D eigenvalue weighted by molar-refractivity contribution is 6.30. The number of rotatable bonds is 6. The molecule has 0 saturated carbocycles. The molecule has 0 saturated heterocycles. The molecule has 0 atom stereocenters. The average molecular weight is 241 g/mol. The van der Waals surface area contributed by atoms with Crippen molar-refractivity contribution in [3.8, 4) is 0 Å². The van der Waals surface area contributed by atoms with Gasteiger partial charge in [-0.15, -0.1) is 0 Å². The van der Waals surface area contributed by atoms with Gasteiger partial charge in [-0.2, -0.15) is 0 Å². The van der Waals surface area contributed by atoms with Crippen molar-refractivity contribution in [1.82, 2.24) is 5.32 Å². The predicted octanol–water partition coefficient (Wildman–Crippen LogP) is 3.30. The highest BCUT2D eigenvalue weighted by Crippen LogP contribution is 2.23. The van der Waals surface area contributed by atoms with Crippen molar-refractivity contribution < 1.29 is 0 Å². The van der Waals surface area contributed by atoms with E-state index in [0.29, 0.717) is 0 Å². The Morgan fingerprint density at radius 3 is 2.69 bits per heavy atom. The molecule has 0 spiro atoms. The lowest BCUT2D eigenvalue weighted by Gasteiger charge is -2.21. The first-order valence-corrected chi connectivity index (χ1v) is 6.27. The number of benzene rings is 1. The zero-order valence-corrected chi connectivity index (χ0v) is 11.1. The van der Waals surface area contributed by atoms with E-state index < -0.39 is 0 Å². The van der Waals surface area contributed by atoms with Crippen LogP contribution >= 0.6 is 11.6 Å². The molecule has 90 valence electrons. The molecule has 2 nitrogen and oxygen atoms in total. The molecule has 0 aliphatic carbocycles. The molecule has 0 bridgehead atoms. The molecule has 3 heteroatoms. The first-order chi connectivity index (χ1) is 7.69. The minimum Gasteiger partial charge on any atom is -0.375 e. The van der Waals surface area contributed by atoms with Crippen molar-refractivity contribution in [1.29, 1.82) is 0 Å². The Hall–Kier alpha value is -0.730. The average Bonchev–Trinajstić information content (AvgIpc) is 2.30. The quantitative estimate of drug-likeness (QED) is 0.768. The van der Waals surface area contributed by atoms with E-state index in [4.69, 9.17) is 11.6 Å². The molecular formula is C13H21ClN2. The molecule has 0 aromatic heterocycles. The van der Waals surface area contributed by atoms with Crippen LogP contribution in [0.2, 0.25) is 5.02 Å². The van der Waals surface area contributed by atoms with Crippen LogP contribution in [0.15, 0.2) is 18.2 Å². The Kier molecular flexibility index (Phi) is 5.64. The van der Waals surface area contributed by atoms with Crippen LogP contribution in [0.25, 0.3) is 0 Å². The van der Waals surface area contributed by atoms with Crippen LogP contribution in [-0.2, 0) is 6.54 Å². The first kappa shape index (κ1) is 13.3. The summed E-state index contributed by atoms with van der Waals surface area (Å²) < 4.78 is 0. The second-order valence-corrected chi connectivity index (χ2v) is 4.40. The van der Waals surface area contributed by atoms with Gasteiger partial charge in [-0.3, -0.25) is 0 Å². The fraction of sp³-hybridized carbons (Fsp3) is 0.538. The van der Waals surface area contributed by atoms with Gasteiger partial charge in [-0.1, -0.05) is 24.6 Å². The maximum atomic E-state index is 6.03. The van der Waals surface area contributed by atoms with Gasteiger partial charge in [-0.25, -0.2) is 0 Å². The number of hydrogen-bond acceptors (Lipinski definition) is 2. The Balaban J connectivity index is 2.80. The lowest BCUT2D eigenvalue weighted by Crippen LogP contribution is -2.21. The van der Waals surface area contributed by atoms with Crippen molar-refractivity contribution >= 4 is 17.3 Å². The van der Waals surface area contributed by atoms with Crippen LogP contribution < -0.4 is 10.2 Å². The van der Waals surface area contributed by atoms with E-state index >= 15 is 0 Å². The Morgan fingerprint density at radius 1 is 1.31 bits per heavy atom. The molecule has 0 fully saturated rings. The third kappa shape index (κ3) is 3.69. The Bertz CT molecular complexity index is 326. The lowest BCUT2D eigenvalue weighted by molar-refractivity contribution is 0.674. The molecule has 0 aliphatic heterocycles. The van der Waals surface area contributed by atoms with Crippen molar-refractivity contribution in [2.24, 2.45) is 0 Å². The summed E-state index contributed by atoms with van der Waals surface area (Å²) in [4.78, 5) is 2.22. The van der Waals surface area contributed by atoms with E-state index in [1.165, 1.54) is 11.3 Å². The molecule has 1 N–H and O–H groups in total. The van der Waals surface area contributed by atoms with Crippen LogP contribution in [0.4, 0.5) is 5.69 Å². The van der Waals surface area contributed by atoms with Crippen molar-refractivity contribution in [2.75, 3.05) is 25.0 Å². The molecular weight excluding hydrogens is 220 g/mol. The van der Waals surface area contributed by atoms with Crippen molar-refractivity contribution in [3.05, 3.63) is 28.8 Å². The number of nitrogens with one attached hydrogen (secondary N) is 1. The Labute approximate surface area is 104 Å². The van der Waals surface area contributed by atoms with Crippen LogP contribution in [0.3, 0.4) is 0 Å². The first-order valence-electron chi connectivity index (χ1n) is 5.89. The maximum absolute atomic E-state index is 6.03. The zero-order chi connectivity index (χ0) is 12.0. The van der Waals surface area contributed by atoms with Crippen molar-refractivity contribution in [2.45, 2.75) is 26.8 Å². The molecule has 0 aliphatic rings. The summed E-state index contributed by atoms with van der Waals surface area (Å²) in [5, 5.41) is 4.22. The number of halogens is 1. The topological polar surface area (TPSA) is 15.3 Å². The van der Waals surface area contributed by atoms with Gasteiger partial charge in [-0.05, 0) is 37.6 Å². The highest BCUT2D eigenvalue weighted by atomic mass is 35.5. The minimum absolute atomic E-state index is 0.801. The summed E-state index contributed by atoms with van der Waals surface area (Å²) in [6.45, 7) is 7.27. The normalized spacial score (nSPS) is 10.5. The smallest absolute Gasteiger partial charge is 0.0426 e. The molecule has 1 rings (SSSR count). The minimum atomic E-state index is 0.801. The summed E-state index contributed by atoms with van der Waals surface area (Å²) in [5.41, 5.74) is 2.53. The summed E-state index contributed by atoms with van der Waals surface area (Å²) in [5.74, 6) is 0. The van der Waals surface area contributed by atoms with Crippen LogP contribution in [0, 0.1) is 0 Å². The van der Waals surface area contributed by atoms with E-state index in [1.54, 1.807) is 0 Å². The molecule has 16 heavy (non-hydrogen) atoms. The number of nitrogens with zero attached hydrogens (tertiary/aromatic N) is 1. The SMILES string of the molecule is CCCNCc1ccc(Cl)cc1N(C)CC.